The molecule has 0 bridgehead atoms. The lowest BCUT2D eigenvalue weighted by Gasteiger charge is -2.35. The van der Waals surface area contributed by atoms with Crippen LogP contribution in [-0.2, 0) is 23.8 Å². The molecule has 0 saturated carbocycles. The second-order valence-electron chi connectivity index (χ2n) is 4.65. The van der Waals surface area contributed by atoms with Crippen molar-refractivity contribution in [3.63, 3.8) is 0 Å². The Labute approximate surface area is 106 Å². The van der Waals surface area contributed by atoms with Crippen molar-refractivity contribution in [1.82, 2.24) is 0 Å². The van der Waals surface area contributed by atoms with Crippen LogP contribution in [0, 0.1) is 0 Å². The summed E-state index contributed by atoms with van der Waals surface area (Å²) >= 11 is 0. The molecule has 0 aromatic carbocycles. The maximum Gasteiger partial charge on any atom is 0.330 e. The molecule has 0 aromatic rings. The Morgan fingerprint density at radius 1 is 1.33 bits per heavy atom. The van der Waals surface area contributed by atoms with E-state index >= 15 is 0 Å². The van der Waals surface area contributed by atoms with Gasteiger partial charge in [0.15, 0.2) is 6.29 Å². The summed E-state index contributed by atoms with van der Waals surface area (Å²) in [7, 11) is 0. The molecule has 0 radical (unpaired) electrons. The molecule has 4 atom stereocenters. The van der Waals surface area contributed by atoms with Crippen LogP contribution in [-0.4, -0.2) is 36.9 Å². The second kappa shape index (κ2) is 6.11. The summed E-state index contributed by atoms with van der Waals surface area (Å²) in [6, 6.07) is 0. The normalized spacial score (nSPS) is 36.2. The molecule has 2 aliphatic rings. The highest BCUT2D eigenvalue weighted by Gasteiger charge is 2.30. The molecule has 0 unspecified atom stereocenters. The van der Waals surface area contributed by atoms with Crippen molar-refractivity contribution in [3.8, 4) is 0 Å². The van der Waals surface area contributed by atoms with Gasteiger partial charge >= 0.3 is 5.97 Å². The Morgan fingerprint density at radius 3 is 2.83 bits per heavy atom. The van der Waals surface area contributed by atoms with Gasteiger partial charge in [0.05, 0.1) is 12.2 Å². The van der Waals surface area contributed by atoms with E-state index in [4.69, 9.17) is 14.2 Å². The second-order valence-corrected chi connectivity index (χ2v) is 4.65. The smallest absolute Gasteiger partial charge is 0.330 e. The van der Waals surface area contributed by atoms with Gasteiger partial charge in [0.2, 0.25) is 0 Å². The third kappa shape index (κ3) is 3.65. The van der Waals surface area contributed by atoms with Gasteiger partial charge in [0.1, 0.15) is 12.4 Å². The highest BCUT2D eigenvalue weighted by atomic mass is 16.7. The molecule has 0 amide bonds. The fraction of sp³-hybridized carbons (Fsp3) is 0.692. The number of carbonyl (C=O) groups excluding carboxylic acids is 2. The molecule has 1 fully saturated rings. The molecule has 0 N–H and O–H groups in total. The summed E-state index contributed by atoms with van der Waals surface area (Å²) in [5.74, 6) is -0.296. The highest BCUT2D eigenvalue weighted by Crippen LogP contribution is 2.25. The van der Waals surface area contributed by atoms with Gasteiger partial charge in [-0.05, 0) is 6.92 Å². The van der Waals surface area contributed by atoms with E-state index in [9.17, 15) is 9.59 Å². The van der Waals surface area contributed by atoms with Crippen molar-refractivity contribution in [2.45, 2.75) is 57.2 Å². The van der Waals surface area contributed by atoms with Gasteiger partial charge in [-0.15, -0.1) is 0 Å². The van der Waals surface area contributed by atoms with Crippen molar-refractivity contribution >= 4 is 12.3 Å². The van der Waals surface area contributed by atoms with E-state index in [1.807, 2.05) is 13.0 Å². The van der Waals surface area contributed by atoms with E-state index < -0.39 is 0 Å². The van der Waals surface area contributed by atoms with Crippen LogP contribution in [0.2, 0.25) is 0 Å². The number of carbonyl (C=O) groups is 2. The van der Waals surface area contributed by atoms with Gasteiger partial charge in [0.25, 0.3) is 0 Å². The molecular formula is C13H18O5. The molecule has 100 valence electrons. The zero-order chi connectivity index (χ0) is 13.0. The fourth-order valence-electron chi connectivity index (χ4n) is 2.39. The van der Waals surface area contributed by atoms with Crippen LogP contribution < -0.4 is 0 Å². The van der Waals surface area contributed by atoms with Gasteiger partial charge in [-0.3, -0.25) is 0 Å². The number of esters is 1. The number of cyclic esters (lactones) is 1. The average molecular weight is 254 g/mol. The Bertz CT molecular complexity index is 338. The quantitative estimate of drug-likeness (QED) is 0.560. The predicted molar refractivity (Wildman–Crippen MR) is 62.8 cm³/mol. The minimum Gasteiger partial charge on any atom is -0.459 e. The molecule has 18 heavy (non-hydrogen) atoms. The van der Waals surface area contributed by atoms with Gasteiger partial charge < -0.3 is 19.0 Å². The molecule has 0 aliphatic carbocycles. The van der Waals surface area contributed by atoms with Gasteiger partial charge in [-0.25, -0.2) is 4.79 Å². The van der Waals surface area contributed by atoms with E-state index in [0.29, 0.717) is 19.3 Å². The van der Waals surface area contributed by atoms with Gasteiger partial charge in [0, 0.05) is 31.8 Å². The summed E-state index contributed by atoms with van der Waals surface area (Å²) in [5, 5.41) is 0. The highest BCUT2D eigenvalue weighted by molar-refractivity contribution is 5.82. The molecule has 2 rings (SSSR count). The molecule has 1 saturated heterocycles. The minimum atomic E-state index is -0.316. The average Bonchev–Trinajstić information content (AvgIpc) is 2.28. The first-order valence-corrected chi connectivity index (χ1v) is 6.29. The first-order valence-electron chi connectivity index (χ1n) is 6.29. The molecule has 5 heteroatoms. The van der Waals surface area contributed by atoms with Gasteiger partial charge in [-0.1, -0.05) is 6.08 Å². The van der Waals surface area contributed by atoms with Crippen molar-refractivity contribution in [2.24, 2.45) is 0 Å². The van der Waals surface area contributed by atoms with Crippen LogP contribution in [0.4, 0.5) is 0 Å². The molecule has 2 heterocycles. The SMILES string of the molecule is C[C@@H]1O[C@H](CC=O)C[C@H](C[C@H]2CC=CC(=O)O2)O1. The van der Waals surface area contributed by atoms with Crippen molar-refractivity contribution in [1.29, 1.82) is 0 Å². The number of hydrogen-bond acceptors (Lipinski definition) is 5. The van der Waals surface area contributed by atoms with Gasteiger partial charge in [-0.2, -0.15) is 0 Å². The standard InChI is InChI=1S/C13H18O5/c1-9-16-11(5-6-14)8-12(17-9)7-10-3-2-4-13(15)18-10/h2,4,6,9-12H,3,5,7-8H2,1H3/t9-,10-,11-,12+/m1/s1. The van der Waals surface area contributed by atoms with Crippen molar-refractivity contribution in [3.05, 3.63) is 12.2 Å². The number of aldehydes is 1. The Morgan fingerprint density at radius 2 is 2.11 bits per heavy atom. The predicted octanol–water partition coefficient (Wildman–Crippen LogP) is 1.36. The summed E-state index contributed by atoms with van der Waals surface area (Å²) in [4.78, 5) is 21.6. The van der Waals surface area contributed by atoms with E-state index in [0.717, 1.165) is 12.7 Å². The summed E-state index contributed by atoms with van der Waals surface area (Å²) in [6.07, 6.45) is 5.99. The summed E-state index contributed by atoms with van der Waals surface area (Å²) < 4.78 is 16.3. The van der Waals surface area contributed by atoms with Crippen molar-refractivity contribution < 1.29 is 23.8 Å². The molecule has 2 aliphatic heterocycles. The lowest BCUT2D eigenvalue weighted by Crippen LogP contribution is -2.39. The first-order chi connectivity index (χ1) is 8.67. The maximum absolute atomic E-state index is 11.1. The first kappa shape index (κ1) is 13.2. The van der Waals surface area contributed by atoms with E-state index in [2.05, 4.69) is 0 Å². The Kier molecular flexibility index (Phi) is 4.49. The third-order valence-electron chi connectivity index (χ3n) is 3.11. The van der Waals surface area contributed by atoms with E-state index in [1.165, 1.54) is 6.08 Å². The maximum atomic E-state index is 11.1. The molecule has 0 spiro atoms. The lowest BCUT2D eigenvalue weighted by molar-refractivity contribution is -0.238. The Balaban J connectivity index is 1.86. The molecule has 0 aromatic heterocycles. The summed E-state index contributed by atoms with van der Waals surface area (Å²) in [5.41, 5.74) is 0. The van der Waals surface area contributed by atoms with Crippen LogP contribution >= 0.6 is 0 Å². The van der Waals surface area contributed by atoms with Crippen LogP contribution in [0.5, 0.6) is 0 Å². The van der Waals surface area contributed by atoms with Crippen molar-refractivity contribution in [2.75, 3.05) is 0 Å². The van der Waals surface area contributed by atoms with Crippen LogP contribution in [0.3, 0.4) is 0 Å². The third-order valence-corrected chi connectivity index (χ3v) is 3.11. The Hall–Kier alpha value is -1.20. The fourth-order valence-corrected chi connectivity index (χ4v) is 2.39. The number of rotatable bonds is 4. The zero-order valence-electron chi connectivity index (χ0n) is 10.4. The lowest BCUT2D eigenvalue weighted by atomic mass is 10.00. The van der Waals surface area contributed by atoms with Crippen LogP contribution in [0.1, 0.15) is 32.6 Å². The van der Waals surface area contributed by atoms with E-state index in [-0.39, 0.29) is 30.6 Å². The van der Waals surface area contributed by atoms with E-state index in [1.54, 1.807) is 0 Å². The minimum absolute atomic E-state index is 0.0250. The zero-order valence-corrected chi connectivity index (χ0v) is 10.4. The number of ether oxygens (including phenoxy) is 3. The molecule has 5 nitrogen and oxygen atoms in total. The number of hydrogen-bond donors (Lipinski definition) is 0. The monoisotopic (exact) mass is 254 g/mol. The van der Waals surface area contributed by atoms with Crippen LogP contribution in [0.25, 0.3) is 0 Å². The van der Waals surface area contributed by atoms with Crippen LogP contribution in [0.15, 0.2) is 12.2 Å². The summed E-state index contributed by atoms with van der Waals surface area (Å²) in [6.45, 7) is 1.82. The largest absolute Gasteiger partial charge is 0.459 e. The topological polar surface area (TPSA) is 61.8 Å². The molecular weight excluding hydrogens is 236 g/mol.